The van der Waals surface area contributed by atoms with Crippen molar-refractivity contribution in [3.63, 3.8) is 0 Å². The number of halogens is 3. The van der Waals surface area contributed by atoms with Gasteiger partial charge in [0.1, 0.15) is 5.82 Å². The van der Waals surface area contributed by atoms with Crippen LogP contribution in [0.3, 0.4) is 0 Å². The van der Waals surface area contributed by atoms with Crippen LogP contribution >= 0.6 is 24.0 Å². The van der Waals surface area contributed by atoms with Gasteiger partial charge in [-0.2, -0.15) is 0 Å². The molecule has 1 aromatic rings. The van der Waals surface area contributed by atoms with Gasteiger partial charge in [0.25, 0.3) is 0 Å². The SMILES string of the molecule is Cl.NCCC1CCCCN1CC(=O)Nc1ccc(F)cc1Cl. The number of hydrogen-bond donors (Lipinski definition) is 2. The Balaban J connectivity index is 0.00000242. The van der Waals surface area contributed by atoms with E-state index in [4.69, 9.17) is 17.3 Å². The summed E-state index contributed by atoms with van der Waals surface area (Å²) in [5, 5.41) is 2.95. The molecule has 1 aromatic carbocycles. The molecule has 1 aliphatic rings. The molecule has 0 aromatic heterocycles. The number of amides is 1. The van der Waals surface area contributed by atoms with E-state index in [2.05, 4.69) is 10.2 Å². The molecule has 1 atom stereocenters. The van der Waals surface area contributed by atoms with E-state index in [1.165, 1.54) is 24.6 Å². The Kier molecular flexibility index (Phi) is 8.10. The summed E-state index contributed by atoms with van der Waals surface area (Å²) in [6.07, 6.45) is 4.28. The molecule has 7 heteroatoms. The number of rotatable bonds is 5. The van der Waals surface area contributed by atoms with Crippen LogP contribution in [0.5, 0.6) is 0 Å². The van der Waals surface area contributed by atoms with E-state index in [0.29, 0.717) is 24.8 Å². The predicted octanol–water partition coefficient (Wildman–Crippen LogP) is 3.04. The summed E-state index contributed by atoms with van der Waals surface area (Å²) in [6.45, 7) is 1.86. The molecule has 1 saturated heterocycles. The summed E-state index contributed by atoms with van der Waals surface area (Å²) in [7, 11) is 0. The molecule has 1 heterocycles. The highest BCUT2D eigenvalue weighted by molar-refractivity contribution is 6.33. The van der Waals surface area contributed by atoms with Crippen molar-refractivity contribution in [3.05, 3.63) is 29.0 Å². The van der Waals surface area contributed by atoms with Crippen LogP contribution in [-0.4, -0.2) is 36.5 Å². The highest BCUT2D eigenvalue weighted by Crippen LogP contribution is 2.23. The number of carbonyl (C=O) groups excluding carboxylic acids is 1. The quantitative estimate of drug-likeness (QED) is 0.858. The Morgan fingerprint density at radius 2 is 2.23 bits per heavy atom. The number of carbonyl (C=O) groups is 1. The van der Waals surface area contributed by atoms with Gasteiger partial charge in [0.15, 0.2) is 0 Å². The number of likely N-dealkylation sites (tertiary alicyclic amines) is 1. The topological polar surface area (TPSA) is 58.4 Å². The van der Waals surface area contributed by atoms with E-state index in [1.54, 1.807) is 0 Å². The van der Waals surface area contributed by atoms with E-state index >= 15 is 0 Å². The molecule has 0 aliphatic carbocycles. The van der Waals surface area contributed by atoms with E-state index in [1.807, 2.05) is 0 Å². The molecule has 1 aliphatic heterocycles. The summed E-state index contributed by atoms with van der Waals surface area (Å²) in [6, 6.07) is 4.32. The molecule has 2 rings (SSSR count). The highest BCUT2D eigenvalue weighted by Gasteiger charge is 2.23. The summed E-state index contributed by atoms with van der Waals surface area (Å²) in [4.78, 5) is 14.3. The molecular weight excluding hydrogens is 328 g/mol. The zero-order valence-corrected chi connectivity index (χ0v) is 13.9. The van der Waals surface area contributed by atoms with Crippen LogP contribution in [0, 0.1) is 5.82 Å². The zero-order chi connectivity index (χ0) is 15.2. The third-order valence-corrected chi connectivity index (χ3v) is 4.11. The molecule has 3 N–H and O–H groups in total. The fraction of sp³-hybridized carbons (Fsp3) is 0.533. The molecule has 0 saturated carbocycles. The molecule has 124 valence electrons. The molecule has 0 bridgehead atoms. The van der Waals surface area contributed by atoms with E-state index in [0.717, 1.165) is 25.8 Å². The Morgan fingerprint density at radius 3 is 2.91 bits per heavy atom. The van der Waals surface area contributed by atoms with Crippen LogP contribution in [0.25, 0.3) is 0 Å². The van der Waals surface area contributed by atoms with Crippen LogP contribution in [0.4, 0.5) is 10.1 Å². The summed E-state index contributed by atoms with van der Waals surface area (Å²) in [5.74, 6) is -0.551. The summed E-state index contributed by atoms with van der Waals surface area (Å²) >= 11 is 5.91. The van der Waals surface area contributed by atoms with Gasteiger partial charge in [-0.1, -0.05) is 18.0 Å². The minimum absolute atomic E-state index is 0. The molecule has 4 nitrogen and oxygen atoms in total. The molecular formula is C15H22Cl2FN3O. The lowest BCUT2D eigenvalue weighted by Gasteiger charge is -2.35. The minimum atomic E-state index is -0.419. The third kappa shape index (κ3) is 5.39. The predicted molar refractivity (Wildman–Crippen MR) is 90.2 cm³/mol. The second-order valence-corrected chi connectivity index (χ2v) is 5.78. The van der Waals surface area contributed by atoms with Crippen LogP contribution in [0.1, 0.15) is 25.7 Å². The normalized spacial score (nSPS) is 18.6. The Morgan fingerprint density at radius 1 is 1.45 bits per heavy atom. The molecule has 1 fully saturated rings. The minimum Gasteiger partial charge on any atom is -0.330 e. The largest absolute Gasteiger partial charge is 0.330 e. The Hall–Kier alpha value is -0.880. The number of piperidine rings is 1. The van der Waals surface area contributed by atoms with Gasteiger partial charge in [0.05, 0.1) is 17.3 Å². The van der Waals surface area contributed by atoms with Crippen LogP contribution in [0.15, 0.2) is 18.2 Å². The lowest BCUT2D eigenvalue weighted by Crippen LogP contribution is -2.44. The first-order chi connectivity index (χ1) is 10.1. The number of nitrogens with two attached hydrogens (primary N) is 1. The Bertz CT molecular complexity index is 500. The maximum Gasteiger partial charge on any atom is 0.238 e. The van der Waals surface area contributed by atoms with Gasteiger partial charge in [-0.25, -0.2) is 4.39 Å². The highest BCUT2D eigenvalue weighted by atomic mass is 35.5. The van der Waals surface area contributed by atoms with Gasteiger partial charge in [-0.3, -0.25) is 9.69 Å². The van der Waals surface area contributed by atoms with Crippen molar-refractivity contribution in [2.75, 3.05) is 25.0 Å². The molecule has 0 spiro atoms. The van der Waals surface area contributed by atoms with Crippen molar-refractivity contribution in [2.24, 2.45) is 5.73 Å². The second kappa shape index (κ2) is 9.30. The van der Waals surface area contributed by atoms with Crippen molar-refractivity contribution in [1.82, 2.24) is 4.90 Å². The monoisotopic (exact) mass is 349 g/mol. The average Bonchev–Trinajstić information content (AvgIpc) is 2.44. The fourth-order valence-corrected chi connectivity index (χ4v) is 2.97. The number of anilines is 1. The van der Waals surface area contributed by atoms with Crippen molar-refractivity contribution in [2.45, 2.75) is 31.7 Å². The zero-order valence-electron chi connectivity index (χ0n) is 12.4. The third-order valence-electron chi connectivity index (χ3n) is 3.80. The number of nitrogens with zero attached hydrogens (tertiary/aromatic N) is 1. The van der Waals surface area contributed by atoms with Crippen molar-refractivity contribution in [3.8, 4) is 0 Å². The Labute approximate surface area is 141 Å². The molecule has 0 radical (unpaired) electrons. The smallest absolute Gasteiger partial charge is 0.238 e. The molecule has 22 heavy (non-hydrogen) atoms. The van der Waals surface area contributed by atoms with Crippen molar-refractivity contribution >= 4 is 35.6 Å². The first-order valence-corrected chi connectivity index (χ1v) is 7.67. The van der Waals surface area contributed by atoms with Gasteiger partial charge < -0.3 is 11.1 Å². The standard InChI is InChI=1S/C15H21ClFN3O.ClH/c16-13-9-11(17)4-5-14(13)19-15(21)10-20-8-2-1-3-12(20)6-7-18;/h4-5,9,12H,1-3,6-8,10,18H2,(H,19,21);1H. The van der Waals surface area contributed by atoms with Gasteiger partial charge in [-0.15, -0.1) is 12.4 Å². The maximum absolute atomic E-state index is 13.0. The molecule has 1 unspecified atom stereocenters. The first kappa shape index (κ1) is 19.2. The van der Waals surface area contributed by atoms with E-state index in [-0.39, 0.29) is 23.3 Å². The van der Waals surface area contributed by atoms with Crippen molar-refractivity contribution < 1.29 is 9.18 Å². The number of hydrogen-bond acceptors (Lipinski definition) is 3. The van der Waals surface area contributed by atoms with Crippen LogP contribution in [0.2, 0.25) is 5.02 Å². The average molecular weight is 350 g/mol. The van der Waals surface area contributed by atoms with E-state index in [9.17, 15) is 9.18 Å². The fourth-order valence-electron chi connectivity index (χ4n) is 2.75. The van der Waals surface area contributed by atoms with Gasteiger partial charge >= 0.3 is 0 Å². The summed E-state index contributed by atoms with van der Waals surface area (Å²) < 4.78 is 13.0. The van der Waals surface area contributed by atoms with Crippen molar-refractivity contribution in [1.29, 1.82) is 0 Å². The lowest BCUT2D eigenvalue weighted by molar-refractivity contribution is -0.118. The van der Waals surface area contributed by atoms with E-state index < -0.39 is 5.82 Å². The molecule has 1 amide bonds. The van der Waals surface area contributed by atoms with Crippen LogP contribution in [-0.2, 0) is 4.79 Å². The number of nitrogens with one attached hydrogen (secondary N) is 1. The first-order valence-electron chi connectivity index (χ1n) is 7.29. The van der Waals surface area contributed by atoms with Crippen LogP contribution < -0.4 is 11.1 Å². The lowest BCUT2D eigenvalue weighted by atomic mass is 9.99. The number of benzene rings is 1. The van der Waals surface area contributed by atoms with Gasteiger partial charge in [0.2, 0.25) is 5.91 Å². The second-order valence-electron chi connectivity index (χ2n) is 5.37. The van der Waals surface area contributed by atoms with Gasteiger partial charge in [-0.05, 0) is 50.6 Å². The summed E-state index contributed by atoms with van der Waals surface area (Å²) in [5.41, 5.74) is 6.07. The maximum atomic E-state index is 13.0. The van der Waals surface area contributed by atoms with Gasteiger partial charge in [0, 0.05) is 6.04 Å².